The summed E-state index contributed by atoms with van der Waals surface area (Å²) >= 11 is 1.57. The Balaban J connectivity index is 2.21. The van der Waals surface area contributed by atoms with E-state index < -0.39 is 5.97 Å². The third-order valence-electron chi connectivity index (χ3n) is 2.40. The molecule has 6 heteroatoms. The summed E-state index contributed by atoms with van der Waals surface area (Å²) in [6, 6.07) is 6.93. The Hall–Kier alpha value is -2.21. The van der Waals surface area contributed by atoms with Gasteiger partial charge >= 0.3 is 5.97 Å². The second-order valence-corrected chi connectivity index (χ2v) is 4.40. The molecule has 17 heavy (non-hydrogen) atoms. The van der Waals surface area contributed by atoms with E-state index in [0.717, 1.165) is 10.7 Å². The van der Waals surface area contributed by atoms with Gasteiger partial charge in [0.2, 0.25) is 0 Å². The molecule has 0 bridgehead atoms. The summed E-state index contributed by atoms with van der Waals surface area (Å²) in [5.41, 5.74) is 0.746. The molecule has 84 valence electrons. The second-order valence-electron chi connectivity index (χ2n) is 3.45. The lowest BCUT2D eigenvalue weighted by Gasteiger charge is -1.98. The first kappa shape index (κ1) is 9.98. The van der Waals surface area contributed by atoms with Crippen molar-refractivity contribution in [3.05, 3.63) is 41.4 Å². The van der Waals surface area contributed by atoms with Crippen LogP contribution in [0.2, 0.25) is 0 Å². The van der Waals surface area contributed by atoms with Gasteiger partial charge in [-0.05, 0) is 23.6 Å². The monoisotopic (exact) mass is 245 g/mol. The van der Waals surface area contributed by atoms with E-state index in [-0.39, 0.29) is 5.56 Å². The maximum absolute atomic E-state index is 10.8. The first-order valence-electron chi connectivity index (χ1n) is 4.87. The summed E-state index contributed by atoms with van der Waals surface area (Å²) in [6.07, 6.45) is 1.67. The molecule has 0 amide bonds. The molecule has 0 aliphatic carbocycles. The van der Waals surface area contributed by atoms with Crippen molar-refractivity contribution in [3.8, 4) is 10.7 Å². The predicted molar refractivity (Wildman–Crippen MR) is 63.3 cm³/mol. The number of aromatic carboxylic acids is 1. The van der Waals surface area contributed by atoms with E-state index in [4.69, 9.17) is 5.11 Å². The third kappa shape index (κ3) is 1.58. The molecule has 3 aromatic rings. The van der Waals surface area contributed by atoms with Gasteiger partial charge in [0.15, 0.2) is 11.5 Å². The van der Waals surface area contributed by atoms with Gasteiger partial charge < -0.3 is 5.11 Å². The minimum absolute atomic E-state index is 0.211. The summed E-state index contributed by atoms with van der Waals surface area (Å²) in [6.45, 7) is 0. The number of aromatic nitrogens is 3. The van der Waals surface area contributed by atoms with Crippen LogP contribution in [-0.4, -0.2) is 25.7 Å². The quantitative estimate of drug-likeness (QED) is 0.751. The maximum Gasteiger partial charge on any atom is 0.335 e. The van der Waals surface area contributed by atoms with Gasteiger partial charge in [-0.15, -0.1) is 21.5 Å². The summed E-state index contributed by atoms with van der Waals surface area (Å²) in [7, 11) is 0. The molecule has 0 fully saturated rings. The number of thiophene rings is 1. The number of fused-ring (bicyclic) bond motifs is 1. The van der Waals surface area contributed by atoms with Crippen LogP contribution in [0.4, 0.5) is 0 Å². The third-order valence-corrected chi connectivity index (χ3v) is 3.26. The van der Waals surface area contributed by atoms with Crippen molar-refractivity contribution < 1.29 is 9.90 Å². The van der Waals surface area contributed by atoms with Gasteiger partial charge in [0.25, 0.3) is 0 Å². The molecule has 3 aromatic heterocycles. The van der Waals surface area contributed by atoms with Crippen molar-refractivity contribution >= 4 is 23.0 Å². The smallest absolute Gasteiger partial charge is 0.335 e. The summed E-state index contributed by atoms with van der Waals surface area (Å²) in [5, 5.41) is 18.9. The molecule has 1 N–H and O–H groups in total. The number of carboxylic acid groups (broad SMARTS) is 1. The predicted octanol–water partition coefficient (Wildman–Crippen LogP) is 2.16. The molecule has 0 saturated heterocycles. The van der Waals surface area contributed by atoms with Gasteiger partial charge in [0, 0.05) is 6.20 Å². The van der Waals surface area contributed by atoms with Crippen LogP contribution in [0.3, 0.4) is 0 Å². The molecule has 0 unspecified atom stereocenters. The SMILES string of the molecule is O=C(O)c1ccn2c(-c3cccs3)nnc2c1. The Morgan fingerprint density at radius 2 is 2.24 bits per heavy atom. The minimum Gasteiger partial charge on any atom is -0.478 e. The largest absolute Gasteiger partial charge is 0.478 e. The Morgan fingerprint density at radius 3 is 2.94 bits per heavy atom. The van der Waals surface area contributed by atoms with E-state index in [1.165, 1.54) is 12.1 Å². The standard InChI is InChI=1S/C11H7N3O2S/c15-11(16)7-3-4-14-9(6-7)12-13-10(14)8-2-1-5-17-8/h1-6H,(H,15,16). The molecule has 3 heterocycles. The van der Waals surface area contributed by atoms with Crippen LogP contribution >= 0.6 is 11.3 Å². The topological polar surface area (TPSA) is 67.5 Å². The van der Waals surface area contributed by atoms with Gasteiger partial charge in [-0.25, -0.2) is 4.79 Å². The Kier molecular flexibility index (Phi) is 2.15. The summed E-state index contributed by atoms with van der Waals surface area (Å²) in [5.74, 6) is -0.236. The molecule has 0 saturated carbocycles. The first-order valence-corrected chi connectivity index (χ1v) is 5.75. The lowest BCUT2D eigenvalue weighted by molar-refractivity contribution is 0.0697. The molecule has 5 nitrogen and oxygen atoms in total. The zero-order valence-corrected chi connectivity index (χ0v) is 9.39. The number of carbonyl (C=O) groups is 1. The van der Waals surface area contributed by atoms with Crippen molar-refractivity contribution in [1.29, 1.82) is 0 Å². The molecular weight excluding hydrogens is 238 g/mol. The highest BCUT2D eigenvalue weighted by molar-refractivity contribution is 7.13. The molecule has 0 aliphatic heterocycles. The average Bonchev–Trinajstić information content (AvgIpc) is 2.96. The molecular formula is C11H7N3O2S. The van der Waals surface area contributed by atoms with Gasteiger partial charge in [-0.3, -0.25) is 4.40 Å². The number of hydrogen-bond acceptors (Lipinski definition) is 4. The van der Waals surface area contributed by atoms with Crippen LogP contribution < -0.4 is 0 Å². The average molecular weight is 245 g/mol. The Labute approximate surface area is 100.0 Å². The number of hydrogen-bond donors (Lipinski definition) is 1. The highest BCUT2D eigenvalue weighted by atomic mass is 32.1. The number of pyridine rings is 1. The lowest BCUT2D eigenvalue weighted by Crippen LogP contribution is -1.97. The van der Waals surface area contributed by atoms with E-state index in [9.17, 15) is 4.79 Å². The normalized spacial score (nSPS) is 10.8. The van der Waals surface area contributed by atoms with Crippen LogP contribution in [0.25, 0.3) is 16.3 Å². The van der Waals surface area contributed by atoms with Gasteiger partial charge in [0.05, 0.1) is 10.4 Å². The molecule has 0 atom stereocenters. The molecule has 0 spiro atoms. The van der Waals surface area contributed by atoms with Crippen LogP contribution in [0, 0.1) is 0 Å². The van der Waals surface area contributed by atoms with Crippen LogP contribution in [-0.2, 0) is 0 Å². The first-order chi connectivity index (χ1) is 8.25. The van der Waals surface area contributed by atoms with Gasteiger partial charge in [-0.1, -0.05) is 6.07 Å². The van der Waals surface area contributed by atoms with Crippen molar-refractivity contribution in [2.45, 2.75) is 0 Å². The highest BCUT2D eigenvalue weighted by Gasteiger charge is 2.10. The van der Waals surface area contributed by atoms with E-state index in [0.29, 0.717) is 5.65 Å². The molecule has 0 aromatic carbocycles. The van der Waals surface area contributed by atoms with Crippen LogP contribution in [0.5, 0.6) is 0 Å². The maximum atomic E-state index is 10.8. The number of nitrogens with zero attached hydrogens (tertiary/aromatic N) is 3. The molecule has 3 rings (SSSR count). The number of carboxylic acids is 1. The summed E-state index contributed by atoms with van der Waals surface area (Å²) < 4.78 is 1.78. The zero-order chi connectivity index (χ0) is 11.8. The fourth-order valence-corrected chi connectivity index (χ4v) is 2.30. The van der Waals surface area contributed by atoms with Crippen molar-refractivity contribution in [2.24, 2.45) is 0 Å². The Bertz CT molecular complexity index is 688. The van der Waals surface area contributed by atoms with Crippen molar-refractivity contribution in [3.63, 3.8) is 0 Å². The van der Waals surface area contributed by atoms with E-state index in [1.807, 2.05) is 17.5 Å². The van der Waals surface area contributed by atoms with E-state index >= 15 is 0 Å². The van der Waals surface area contributed by atoms with Crippen LogP contribution in [0.15, 0.2) is 35.8 Å². The van der Waals surface area contributed by atoms with E-state index in [2.05, 4.69) is 10.2 Å². The van der Waals surface area contributed by atoms with Crippen LogP contribution in [0.1, 0.15) is 10.4 Å². The van der Waals surface area contributed by atoms with Crippen molar-refractivity contribution in [1.82, 2.24) is 14.6 Å². The lowest BCUT2D eigenvalue weighted by atomic mass is 10.3. The highest BCUT2D eigenvalue weighted by Crippen LogP contribution is 2.23. The zero-order valence-electron chi connectivity index (χ0n) is 8.57. The van der Waals surface area contributed by atoms with Gasteiger partial charge in [0.1, 0.15) is 0 Å². The fourth-order valence-electron chi connectivity index (χ4n) is 1.60. The Morgan fingerprint density at radius 1 is 1.35 bits per heavy atom. The van der Waals surface area contributed by atoms with Crippen molar-refractivity contribution in [2.75, 3.05) is 0 Å². The van der Waals surface area contributed by atoms with E-state index in [1.54, 1.807) is 21.9 Å². The summed E-state index contributed by atoms with van der Waals surface area (Å²) in [4.78, 5) is 11.8. The molecule has 0 aliphatic rings. The second kappa shape index (κ2) is 3.67. The molecule has 0 radical (unpaired) electrons. The fraction of sp³-hybridized carbons (Fsp3) is 0. The number of rotatable bonds is 2. The van der Waals surface area contributed by atoms with Gasteiger partial charge in [-0.2, -0.15) is 0 Å². The minimum atomic E-state index is -0.965.